The lowest BCUT2D eigenvalue weighted by atomic mass is 10.1. The normalized spacial score (nSPS) is 12.8. The van der Waals surface area contributed by atoms with Gasteiger partial charge in [0.25, 0.3) is 0 Å². The van der Waals surface area contributed by atoms with Crippen LogP contribution >= 0.6 is 35.0 Å². The van der Waals surface area contributed by atoms with Crippen molar-refractivity contribution in [1.82, 2.24) is 10.2 Å². The van der Waals surface area contributed by atoms with Crippen LogP contribution in [0.5, 0.6) is 0 Å². The molecule has 0 aromatic heterocycles. The SMILES string of the molecule is CC[C@H](C)NC(=O)[C@H](C)N(Cc1ccccc1)C(=O)CSCc1ccc(Cl)c(Cl)c1. The van der Waals surface area contributed by atoms with Gasteiger partial charge in [-0.2, -0.15) is 0 Å². The lowest BCUT2D eigenvalue weighted by Crippen LogP contribution is -2.50. The van der Waals surface area contributed by atoms with Crippen LogP contribution in [0, 0.1) is 0 Å². The van der Waals surface area contributed by atoms with Crippen molar-refractivity contribution in [1.29, 1.82) is 0 Å². The Hall–Kier alpha value is -1.69. The number of benzene rings is 2. The van der Waals surface area contributed by atoms with Gasteiger partial charge in [0.2, 0.25) is 11.8 Å². The Kier molecular flexibility index (Phi) is 10.0. The van der Waals surface area contributed by atoms with Crippen molar-refractivity contribution in [3.8, 4) is 0 Å². The second-order valence-corrected chi connectivity index (χ2v) is 9.04. The number of hydrogen-bond acceptors (Lipinski definition) is 3. The van der Waals surface area contributed by atoms with E-state index in [1.54, 1.807) is 17.9 Å². The second-order valence-electron chi connectivity index (χ2n) is 7.24. The average Bonchev–Trinajstić information content (AvgIpc) is 2.74. The number of halogens is 2. The second kappa shape index (κ2) is 12.2. The number of thioether (sulfide) groups is 1. The van der Waals surface area contributed by atoms with Crippen LogP contribution in [0.25, 0.3) is 0 Å². The van der Waals surface area contributed by atoms with Gasteiger partial charge >= 0.3 is 0 Å². The van der Waals surface area contributed by atoms with Crippen LogP contribution in [0.2, 0.25) is 10.0 Å². The van der Waals surface area contributed by atoms with Gasteiger partial charge in [0.15, 0.2) is 0 Å². The topological polar surface area (TPSA) is 49.4 Å². The van der Waals surface area contributed by atoms with Gasteiger partial charge in [0.05, 0.1) is 15.8 Å². The van der Waals surface area contributed by atoms with Crippen molar-refractivity contribution in [2.45, 2.75) is 51.6 Å². The Bertz CT molecular complexity index is 848. The molecule has 0 spiro atoms. The first-order valence-electron chi connectivity index (χ1n) is 9.97. The molecule has 2 rings (SSSR count). The third-order valence-corrected chi connectivity index (χ3v) is 6.57. The van der Waals surface area contributed by atoms with Crippen molar-refractivity contribution < 1.29 is 9.59 Å². The zero-order valence-corrected chi connectivity index (χ0v) is 19.9. The van der Waals surface area contributed by atoms with E-state index in [-0.39, 0.29) is 23.6 Å². The van der Waals surface area contributed by atoms with Crippen LogP contribution in [0.1, 0.15) is 38.3 Å². The first kappa shape index (κ1) is 24.6. The molecular formula is C23H28Cl2N2O2S. The molecule has 0 aliphatic heterocycles. The molecule has 4 nitrogen and oxygen atoms in total. The van der Waals surface area contributed by atoms with E-state index in [9.17, 15) is 9.59 Å². The monoisotopic (exact) mass is 466 g/mol. The molecule has 0 fully saturated rings. The summed E-state index contributed by atoms with van der Waals surface area (Å²) >= 11 is 13.5. The predicted octanol–water partition coefficient (Wildman–Crippen LogP) is 5.56. The van der Waals surface area contributed by atoms with Crippen molar-refractivity contribution >= 4 is 46.8 Å². The van der Waals surface area contributed by atoms with Gasteiger partial charge in [-0.05, 0) is 43.5 Å². The molecule has 2 aromatic rings. The highest BCUT2D eigenvalue weighted by molar-refractivity contribution is 7.99. The van der Waals surface area contributed by atoms with Gasteiger partial charge in [-0.3, -0.25) is 9.59 Å². The molecule has 0 aliphatic rings. The molecule has 7 heteroatoms. The maximum Gasteiger partial charge on any atom is 0.242 e. The zero-order chi connectivity index (χ0) is 22.1. The molecule has 0 saturated carbocycles. The van der Waals surface area contributed by atoms with Crippen LogP contribution in [-0.4, -0.2) is 34.6 Å². The van der Waals surface area contributed by atoms with Gasteiger partial charge in [-0.25, -0.2) is 0 Å². The molecule has 2 amide bonds. The third kappa shape index (κ3) is 7.53. The van der Waals surface area contributed by atoms with Gasteiger partial charge in [0.1, 0.15) is 6.04 Å². The minimum absolute atomic E-state index is 0.0673. The molecule has 0 bridgehead atoms. The number of carbonyl (C=O) groups is 2. The molecule has 0 unspecified atom stereocenters. The zero-order valence-electron chi connectivity index (χ0n) is 17.5. The molecule has 0 radical (unpaired) electrons. The van der Waals surface area contributed by atoms with E-state index in [0.717, 1.165) is 17.5 Å². The van der Waals surface area contributed by atoms with Crippen LogP contribution in [0.15, 0.2) is 48.5 Å². The van der Waals surface area contributed by atoms with Crippen molar-refractivity contribution in [2.75, 3.05) is 5.75 Å². The van der Waals surface area contributed by atoms with Gasteiger partial charge < -0.3 is 10.2 Å². The summed E-state index contributed by atoms with van der Waals surface area (Å²) in [5.41, 5.74) is 1.99. The first-order chi connectivity index (χ1) is 14.3. The molecule has 2 aromatic carbocycles. The quantitative estimate of drug-likeness (QED) is 0.498. The summed E-state index contributed by atoms with van der Waals surface area (Å²) in [5, 5.41) is 3.99. The highest BCUT2D eigenvalue weighted by Gasteiger charge is 2.26. The summed E-state index contributed by atoms with van der Waals surface area (Å²) < 4.78 is 0. The standard InChI is InChI=1S/C23H28Cl2N2O2S/c1-4-16(2)26-23(29)17(3)27(13-18-8-6-5-7-9-18)22(28)15-30-14-19-10-11-20(24)21(25)12-19/h5-12,16-17H,4,13-15H2,1-3H3,(H,26,29)/t16-,17-/m0/s1. The molecule has 0 heterocycles. The molecule has 1 N–H and O–H groups in total. The summed E-state index contributed by atoms with van der Waals surface area (Å²) in [6.07, 6.45) is 0.838. The van der Waals surface area contributed by atoms with E-state index < -0.39 is 6.04 Å². The summed E-state index contributed by atoms with van der Waals surface area (Å²) in [6.45, 7) is 6.15. The van der Waals surface area contributed by atoms with Gasteiger partial charge in [-0.1, -0.05) is 66.5 Å². The Morgan fingerprint density at radius 3 is 2.37 bits per heavy atom. The molecule has 0 saturated heterocycles. The fourth-order valence-corrected chi connectivity index (χ4v) is 3.98. The predicted molar refractivity (Wildman–Crippen MR) is 127 cm³/mol. The highest BCUT2D eigenvalue weighted by Crippen LogP contribution is 2.25. The van der Waals surface area contributed by atoms with Crippen LogP contribution in [-0.2, 0) is 21.9 Å². The smallest absolute Gasteiger partial charge is 0.242 e. The fraction of sp³-hybridized carbons (Fsp3) is 0.391. The highest BCUT2D eigenvalue weighted by atomic mass is 35.5. The fourth-order valence-electron chi connectivity index (χ4n) is 2.80. The Morgan fingerprint density at radius 1 is 1.03 bits per heavy atom. The minimum Gasteiger partial charge on any atom is -0.352 e. The third-order valence-electron chi connectivity index (χ3n) is 4.84. The van der Waals surface area contributed by atoms with Crippen molar-refractivity contribution in [2.24, 2.45) is 0 Å². The molecule has 0 aliphatic carbocycles. The number of rotatable bonds is 10. The number of nitrogens with zero attached hydrogens (tertiary/aromatic N) is 1. The van der Waals surface area contributed by atoms with Crippen molar-refractivity contribution in [3.63, 3.8) is 0 Å². The maximum atomic E-state index is 13.0. The molecule has 162 valence electrons. The lowest BCUT2D eigenvalue weighted by molar-refractivity contribution is -0.138. The van der Waals surface area contributed by atoms with E-state index in [1.807, 2.05) is 56.3 Å². The molecular weight excluding hydrogens is 439 g/mol. The maximum absolute atomic E-state index is 13.0. The average molecular weight is 467 g/mol. The minimum atomic E-state index is -0.558. The number of amides is 2. The van der Waals surface area contributed by atoms with E-state index >= 15 is 0 Å². The number of hydrogen-bond donors (Lipinski definition) is 1. The lowest BCUT2D eigenvalue weighted by Gasteiger charge is -2.29. The largest absolute Gasteiger partial charge is 0.352 e. The number of carbonyl (C=O) groups excluding carboxylic acids is 2. The van der Waals surface area contributed by atoms with Crippen LogP contribution in [0.3, 0.4) is 0 Å². The number of nitrogens with one attached hydrogen (secondary N) is 1. The van der Waals surface area contributed by atoms with Crippen molar-refractivity contribution in [3.05, 3.63) is 69.7 Å². The van der Waals surface area contributed by atoms with E-state index in [4.69, 9.17) is 23.2 Å². The van der Waals surface area contributed by atoms with E-state index in [0.29, 0.717) is 22.3 Å². The Labute approximate surface area is 193 Å². The summed E-state index contributed by atoms with van der Waals surface area (Å²) in [7, 11) is 0. The molecule has 2 atom stereocenters. The Balaban J connectivity index is 2.05. The van der Waals surface area contributed by atoms with Crippen LogP contribution in [0.4, 0.5) is 0 Å². The van der Waals surface area contributed by atoms with Gasteiger partial charge in [0, 0.05) is 18.3 Å². The Morgan fingerprint density at radius 2 is 1.73 bits per heavy atom. The van der Waals surface area contributed by atoms with Gasteiger partial charge in [-0.15, -0.1) is 11.8 Å². The first-order valence-corrected chi connectivity index (χ1v) is 11.9. The summed E-state index contributed by atoms with van der Waals surface area (Å²) in [4.78, 5) is 27.4. The molecule has 30 heavy (non-hydrogen) atoms. The summed E-state index contributed by atoms with van der Waals surface area (Å²) in [5.74, 6) is 0.697. The van der Waals surface area contributed by atoms with E-state index in [2.05, 4.69) is 5.32 Å². The van der Waals surface area contributed by atoms with Crippen LogP contribution < -0.4 is 5.32 Å². The van der Waals surface area contributed by atoms with E-state index in [1.165, 1.54) is 11.8 Å². The summed E-state index contributed by atoms with van der Waals surface area (Å²) in [6, 6.07) is 14.7.